The predicted octanol–water partition coefficient (Wildman–Crippen LogP) is -0.441. The van der Waals surface area contributed by atoms with Crippen LogP contribution in [-0.4, -0.2) is 29.4 Å². The van der Waals surface area contributed by atoms with E-state index in [2.05, 4.69) is 4.31 Å². The molecule has 0 aromatic rings. The van der Waals surface area contributed by atoms with Gasteiger partial charge in [-0.15, -0.1) is 29.4 Å². The molecule has 0 aliphatic heterocycles. The first kappa shape index (κ1) is 20.5. The molecule has 88 valence electrons. The van der Waals surface area contributed by atoms with Crippen LogP contribution in [0.2, 0.25) is 0 Å². The van der Waals surface area contributed by atoms with Crippen LogP contribution in [0.15, 0.2) is 0 Å². The Labute approximate surface area is 85.8 Å². The van der Waals surface area contributed by atoms with Gasteiger partial charge in [-0.05, 0) is 0 Å². The van der Waals surface area contributed by atoms with Gasteiger partial charge in [-0.25, -0.2) is 0 Å². The zero-order valence-electron chi connectivity index (χ0n) is 6.51. The van der Waals surface area contributed by atoms with Crippen LogP contribution in [0.3, 0.4) is 0 Å². The summed E-state index contributed by atoms with van der Waals surface area (Å²) in [6.07, 6.45) is 0. The van der Waals surface area contributed by atoms with E-state index in [0.717, 1.165) is 0 Å². The summed E-state index contributed by atoms with van der Waals surface area (Å²) in [4.78, 5) is 43.8. The zero-order chi connectivity index (χ0) is 13.0. The third-order valence-electron chi connectivity index (χ3n) is 0.140. The van der Waals surface area contributed by atoms with Crippen LogP contribution in [-0.2, 0) is 22.6 Å². The maximum absolute atomic E-state index is 9.39. The summed E-state index contributed by atoms with van der Waals surface area (Å²) < 4.78 is 39.6. The zero-order valence-corrected chi connectivity index (χ0v) is 10.1. The molecule has 0 bridgehead atoms. The minimum absolute atomic E-state index is 2.87. The molecule has 6 N–H and O–H groups in total. The molecule has 2 unspecified atom stereocenters. The second kappa shape index (κ2) is 14.1. The van der Waals surface area contributed by atoms with Crippen LogP contribution in [0.1, 0.15) is 0 Å². The minimum atomic E-state index is -2.92. The Balaban J connectivity index is -0.000000155. The van der Waals surface area contributed by atoms with E-state index in [1.165, 1.54) is 0 Å². The highest BCUT2D eigenvalue weighted by molar-refractivity contribution is 7.46. The molecule has 11 nitrogen and oxygen atoms in total. The summed E-state index contributed by atoms with van der Waals surface area (Å²) in [5.41, 5.74) is 0. The number of hydrogen-bond donors (Lipinski definition) is 6. The molecule has 0 saturated heterocycles. The fourth-order valence-corrected chi connectivity index (χ4v) is 0.538. The van der Waals surface area contributed by atoms with Crippen molar-refractivity contribution in [2.24, 2.45) is 0 Å². The van der Waals surface area contributed by atoms with Gasteiger partial charge in [0, 0.05) is 18.3 Å². The Kier molecular flexibility index (Phi) is 19.3. The van der Waals surface area contributed by atoms with Crippen molar-refractivity contribution in [3.63, 3.8) is 0 Å². The number of rotatable bonds is 2. The molecule has 0 aromatic heterocycles. The van der Waals surface area contributed by atoms with Gasteiger partial charge in [0.25, 0.3) is 0 Å². The van der Waals surface area contributed by atoms with E-state index in [0.29, 0.717) is 0 Å². The van der Waals surface area contributed by atoms with Crippen LogP contribution in [0, 0.1) is 0 Å². The predicted molar refractivity (Wildman–Crippen MR) is 44.8 cm³/mol. The summed E-state index contributed by atoms with van der Waals surface area (Å²) in [7, 11) is -11.6. The molecule has 0 aliphatic rings. The van der Waals surface area contributed by atoms with Crippen LogP contribution in [0.25, 0.3) is 0 Å². The van der Waals surface area contributed by atoms with Gasteiger partial charge in [-0.2, -0.15) is 0 Å². The highest BCUT2D eigenvalue weighted by Gasteiger charge is 2.31. The summed E-state index contributed by atoms with van der Waals surface area (Å²) >= 11 is 0. The van der Waals surface area contributed by atoms with Crippen LogP contribution < -0.4 is 0 Å². The van der Waals surface area contributed by atoms with Crippen molar-refractivity contribution in [2.45, 2.75) is 0 Å². The maximum Gasteiger partial charge on any atom is 0.745 e. The van der Waals surface area contributed by atoms with Crippen LogP contribution in [0.5, 0.6) is 0 Å². The summed E-state index contributed by atoms with van der Waals surface area (Å²) in [5, 5.41) is 0. The molecule has 0 radical (unpaired) electrons. The van der Waals surface area contributed by atoms with Crippen molar-refractivity contribution in [2.75, 3.05) is 0 Å². The van der Waals surface area contributed by atoms with Crippen molar-refractivity contribution in [3.05, 3.63) is 0 Å². The molecule has 0 saturated carbocycles. The van der Waals surface area contributed by atoms with Crippen molar-refractivity contribution in [1.82, 2.24) is 0 Å². The molecule has 2 atom stereocenters. The van der Waals surface area contributed by atoms with Crippen molar-refractivity contribution < 1.29 is 51.9 Å². The Bertz CT molecular complexity index is 197. The summed E-state index contributed by atoms with van der Waals surface area (Å²) in [6.45, 7) is 0. The molecule has 0 spiro atoms. The van der Waals surface area contributed by atoms with Gasteiger partial charge >= 0.3 is 33.0 Å². The fourth-order valence-electron chi connectivity index (χ4n) is 0.0598. The van der Waals surface area contributed by atoms with Crippen molar-refractivity contribution in [3.8, 4) is 0 Å². The lowest BCUT2D eigenvalue weighted by Gasteiger charge is -1.50. The Morgan fingerprint density at radius 2 is 0.733 bits per heavy atom. The standard InChI is InChI=1S/O5P2.2HO3P/c1-6(2)5-7(3)4;2*1-4(2)3/h;2*(H-,1,2,3)/p+4. The molecule has 0 fully saturated rings. The Hall–Kier alpha value is 0.120. The highest BCUT2D eigenvalue weighted by atomic mass is 31.2. The lowest BCUT2D eigenvalue weighted by atomic mass is 15.8. The second-order valence-electron chi connectivity index (χ2n) is 1.06. The fraction of sp³-hybridized carbons (Fsp3) is 0. The summed E-state index contributed by atoms with van der Waals surface area (Å²) in [5.74, 6) is 0. The normalized spacial score (nSPS) is 9.73. The van der Waals surface area contributed by atoms with Gasteiger partial charge in [0.1, 0.15) is 0 Å². The largest absolute Gasteiger partial charge is 0.745 e. The van der Waals surface area contributed by atoms with Gasteiger partial charge in [-0.1, -0.05) is 0 Å². The van der Waals surface area contributed by atoms with Gasteiger partial charge in [0.05, 0.1) is 0 Å². The molecule has 0 aromatic carbocycles. The quantitative estimate of drug-likeness (QED) is 0.361. The molecular formula is H6O11P4+4. The molecule has 0 aliphatic carbocycles. The molecule has 0 heterocycles. The second-order valence-corrected chi connectivity index (χ2v) is 3.68. The SMILES string of the molecule is O=[P+](O)O.O=[P+](O)O.O=[P+](O)O[P+](=O)O. The number of hydrogen-bond acceptors (Lipinski definition) is 5. The monoisotopic (exact) mass is 306 g/mol. The maximum atomic E-state index is 9.39. The highest BCUT2D eigenvalue weighted by Crippen LogP contribution is 2.30. The van der Waals surface area contributed by atoms with Gasteiger partial charge in [0.15, 0.2) is 4.31 Å². The van der Waals surface area contributed by atoms with Gasteiger partial charge in [0.2, 0.25) is 0 Å². The molecule has 15 heteroatoms. The third kappa shape index (κ3) is 122. The Morgan fingerprint density at radius 1 is 0.600 bits per heavy atom. The van der Waals surface area contributed by atoms with Crippen LogP contribution >= 0.6 is 33.0 Å². The third-order valence-corrected chi connectivity index (χ3v) is 1.26. The van der Waals surface area contributed by atoms with Gasteiger partial charge in [-0.3, -0.25) is 0 Å². The molecule has 0 amide bonds. The molecule has 15 heavy (non-hydrogen) atoms. The molecule has 0 rings (SSSR count). The lowest BCUT2D eigenvalue weighted by molar-refractivity contribution is 0.371. The van der Waals surface area contributed by atoms with E-state index >= 15 is 0 Å². The lowest BCUT2D eigenvalue weighted by Crippen LogP contribution is -1.58. The first-order valence-electron chi connectivity index (χ1n) is 2.30. The van der Waals surface area contributed by atoms with E-state index < -0.39 is 33.0 Å². The molecular weight excluding hydrogens is 300 g/mol. The van der Waals surface area contributed by atoms with Crippen molar-refractivity contribution in [1.29, 1.82) is 0 Å². The van der Waals surface area contributed by atoms with E-state index in [1.54, 1.807) is 0 Å². The topological polar surface area (TPSA) is 199 Å². The van der Waals surface area contributed by atoms with Crippen LogP contribution in [0.4, 0.5) is 0 Å². The van der Waals surface area contributed by atoms with Crippen molar-refractivity contribution >= 4 is 33.0 Å². The van der Waals surface area contributed by atoms with Gasteiger partial charge < -0.3 is 0 Å². The van der Waals surface area contributed by atoms with E-state index in [4.69, 9.17) is 38.5 Å². The average Bonchev–Trinajstić information content (AvgIpc) is 1.78. The first-order chi connectivity index (χ1) is 6.59. The van der Waals surface area contributed by atoms with E-state index in [1.807, 2.05) is 0 Å². The minimum Gasteiger partial charge on any atom is -0.134 e. The van der Waals surface area contributed by atoms with E-state index in [9.17, 15) is 9.13 Å². The van der Waals surface area contributed by atoms with E-state index in [-0.39, 0.29) is 0 Å². The smallest absolute Gasteiger partial charge is 0.134 e. The average molecular weight is 306 g/mol. The summed E-state index contributed by atoms with van der Waals surface area (Å²) in [6, 6.07) is 0. The Morgan fingerprint density at radius 3 is 0.733 bits per heavy atom. The first-order valence-corrected chi connectivity index (χ1v) is 6.89.